The first-order valence-electron chi connectivity index (χ1n) is 10.1. The van der Waals surface area contributed by atoms with Gasteiger partial charge in [0.1, 0.15) is 17.2 Å². The maximum Gasteiger partial charge on any atom is 0.273 e. The zero-order valence-electron chi connectivity index (χ0n) is 16.8. The molecule has 1 amide bonds. The minimum Gasteiger partial charge on any atom is -0.361 e. The first-order valence-corrected chi connectivity index (χ1v) is 10.1. The average Bonchev–Trinajstić information content (AvgIpc) is 3.38. The number of nitrogens with one attached hydrogen (secondary N) is 2. The highest BCUT2D eigenvalue weighted by Gasteiger charge is 2.28. The molecular formula is C21H27N5O2. The number of aromatic nitrogens is 2. The minimum absolute atomic E-state index is 0.211. The molecule has 0 aromatic carbocycles. The van der Waals surface area contributed by atoms with Gasteiger partial charge in [0.05, 0.1) is 5.57 Å². The number of hydrazone groups is 1. The van der Waals surface area contributed by atoms with Crippen molar-refractivity contribution >= 4 is 17.7 Å². The summed E-state index contributed by atoms with van der Waals surface area (Å²) in [6, 6.07) is 1.80. The third kappa shape index (κ3) is 3.42. The quantitative estimate of drug-likeness (QED) is 0.753. The van der Waals surface area contributed by atoms with Gasteiger partial charge < -0.3 is 9.51 Å². The summed E-state index contributed by atoms with van der Waals surface area (Å²) in [6.07, 6.45) is 6.53. The molecule has 4 rings (SSSR count). The molecule has 0 atom stereocenters. The van der Waals surface area contributed by atoms with Gasteiger partial charge in [0.15, 0.2) is 0 Å². The van der Waals surface area contributed by atoms with Crippen molar-refractivity contribution in [2.24, 2.45) is 5.10 Å². The lowest BCUT2D eigenvalue weighted by atomic mass is 9.93. The molecule has 0 unspecified atom stereocenters. The molecule has 1 aliphatic heterocycles. The van der Waals surface area contributed by atoms with Crippen LogP contribution in [0.2, 0.25) is 0 Å². The van der Waals surface area contributed by atoms with Gasteiger partial charge in [0.25, 0.3) is 5.91 Å². The van der Waals surface area contributed by atoms with Gasteiger partial charge in [-0.2, -0.15) is 5.10 Å². The number of aryl methyl sites for hydroxylation is 2. The highest BCUT2D eigenvalue weighted by atomic mass is 16.5. The number of carbonyl (C=O) groups is 1. The molecule has 28 heavy (non-hydrogen) atoms. The van der Waals surface area contributed by atoms with E-state index in [1.54, 1.807) is 6.07 Å². The molecule has 148 valence electrons. The number of hydrogen-bond acceptors (Lipinski definition) is 5. The van der Waals surface area contributed by atoms with Crippen LogP contribution in [0.4, 0.5) is 0 Å². The zero-order chi connectivity index (χ0) is 19.7. The van der Waals surface area contributed by atoms with Gasteiger partial charge in [0, 0.05) is 24.0 Å². The second-order valence-corrected chi connectivity index (χ2v) is 7.42. The van der Waals surface area contributed by atoms with Crippen molar-refractivity contribution in [3.05, 3.63) is 45.6 Å². The molecule has 7 heteroatoms. The summed E-state index contributed by atoms with van der Waals surface area (Å²) in [6.45, 7) is 9.07. The SMILES string of the molecule is CCN(CC)Cc1c(/C=C2/C(=O)NN=C2c2cc(C)on2)[nH]c2c1CCCC2. The first kappa shape index (κ1) is 18.7. The molecule has 2 aliphatic rings. The van der Waals surface area contributed by atoms with Crippen LogP contribution in [0.15, 0.2) is 21.3 Å². The molecule has 2 aromatic heterocycles. The third-order valence-electron chi connectivity index (χ3n) is 5.65. The Morgan fingerprint density at radius 2 is 2.04 bits per heavy atom. The van der Waals surface area contributed by atoms with Crippen molar-refractivity contribution in [1.82, 2.24) is 20.5 Å². The van der Waals surface area contributed by atoms with Crippen LogP contribution in [0.3, 0.4) is 0 Å². The van der Waals surface area contributed by atoms with Crippen molar-refractivity contribution in [3.63, 3.8) is 0 Å². The van der Waals surface area contributed by atoms with Crippen LogP contribution in [0.25, 0.3) is 6.08 Å². The van der Waals surface area contributed by atoms with Gasteiger partial charge >= 0.3 is 0 Å². The van der Waals surface area contributed by atoms with E-state index in [1.807, 2.05) is 13.0 Å². The summed E-state index contributed by atoms with van der Waals surface area (Å²) in [4.78, 5) is 18.5. The van der Waals surface area contributed by atoms with Gasteiger partial charge in [-0.3, -0.25) is 9.69 Å². The van der Waals surface area contributed by atoms with E-state index in [0.717, 1.165) is 38.2 Å². The molecule has 2 N–H and O–H groups in total. The van der Waals surface area contributed by atoms with E-state index in [1.165, 1.54) is 29.7 Å². The number of aromatic amines is 1. The summed E-state index contributed by atoms with van der Waals surface area (Å²) < 4.78 is 5.17. The fourth-order valence-corrected chi connectivity index (χ4v) is 4.04. The van der Waals surface area contributed by atoms with E-state index in [-0.39, 0.29) is 5.91 Å². The number of amides is 1. The fourth-order valence-electron chi connectivity index (χ4n) is 4.04. The monoisotopic (exact) mass is 381 g/mol. The lowest BCUT2D eigenvalue weighted by molar-refractivity contribution is -0.116. The Hall–Kier alpha value is -2.67. The van der Waals surface area contributed by atoms with E-state index in [0.29, 0.717) is 22.7 Å². The molecule has 0 saturated carbocycles. The number of nitrogens with zero attached hydrogens (tertiary/aromatic N) is 3. The Kier molecular flexibility index (Phi) is 5.17. The first-order chi connectivity index (χ1) is 13.6. The van der Waals surface area contributed by atoms with Gasteiger partial charge in [0.2, 0.25) is 0 Å². The molecule has 7 nitrogen and oxygen atoms in total. The highest BCUT2D eigenvalue weighted by Crippen LogP contribution is 2.30. The normalized spacial score (nSPS) is 17.9. The molecule has 0 radical (unpaired) electrons. The maximum atomic E-state index is 12.5. The Labute approximate surface area is 164 Å². The molecule has 0 saturated heterocycles. The Balaban J connectivity index is 1.76. The molecular weight excluding hydrogens is 354 g/mol. The average molecular weight is 381 g/mol. The highest BCUT2D eigenvalue weighted by molar-refractivity contribution is 6.32. The summed E-state index contributed by atoms with van der Waals surface area (Å²) in [5, 5.41) is 8.21. The molecule has 2 aromatic rings. The largest absolute Gasteiger partial charge is 0.361 e. The van der Waals surface area contributed by atoms with Crippen molar-refractivity contribution < 1.29 is 9.32 Å². The summed E-state index contributed by atoms with van der Waals surface area (Å²) in [5.74, 6) is 0.478. The summed E-state index contributed by atoms with van der Waals surface area (Å²) >= 11 is 0. The maximum absolute atomic E-state index is 12.5. The van der Waals surface area contributed by atoms with Crippen molar-refractivity contribution in [2.75, 3.05) is 13.1 Å². The van der Waals surface area contributed by atoms with E-state index >= 15 is 0 Å². The van der Waals surface area contributed by atoms with Crippen molar-refractivity contribution in [2.45, 2.75) is 53.0 Å². The number of hydrogen-bond donors (Lipinski definition) is 2. The zero-order valence-corrected chi connectivity index (χ0v) is 16.8. The van der Waals surface area contributed by atoms with Gasteiger partial charge in [-0.05, 0) is 62.9 Å². The van der Waals surface area contributed by atoms with E-state index in [4.69, 9.17) is 4.52 Å². The van der Waals surface area contributed by atoms with E-state index in [9.17, 15) is 4.79 Å². The lowest BCUT2D eigenvalue weighted by Crippen LogP contribution is -2.23. The second-order valence-electron chi connectivity index (χ2n) is 7.42. The Morgan fingerprint density at radius 3 is 2.75 bits per heavy atom. The van der Waals surface area contributed by atoms with Crippen molar-refractivity contribution in [1.29, 1.82) is 0 Å². The van der Waals surface area contributed by atoms with Crippen LogP contribution in [-0.4, -0.2) is 39.7 Å². The van der Waals surface area contributed by atoms with Gasteiger partial charge in [-0.1, -0.05) is 19.0 Å². The molecule has 0 bridgehead atoms. The van der Waals surface area contributed by atoms with Gasteiger partial charge in [-0.15, -0.1) is 0 Å². The van der Waals surface area contributed by atoms with Crippen LogP contribution < -0.4 is 5.43 Å². The van der Waals surface area contributed by atoms with Crippen LogP contribution >= 0.6 is 0 Å². The van der Waals surface area contributed by atoms with E-state index in [2.05, 4.69) is 39.4 Å². The minimum atomic E-state index is -0.211. The number of H-pyrrole nitrogens is 1. The summed E-state index contributed by atoms with van der Waals surface area (Å²) in [5.41, 5.74) is 9.25. The third-order valence-corrected chi connectivity index (χ3v) is 5.65. The Morgan fingerprint density at radius 1 is 1.25 bits per heavy atom. The summed E-state index contributed by atoms with van der Waals surface area (Å²) in [7, 11) is 0. The van der Waals surface area contributed by atoms with E-state index < -0.39 is 0 Å². The molecule has 0 fully saturated rings. The molecule has 0 spiro atoms. The van der Waals surface area contributed by atoms with Crippen LogP contribution in [0, 0.1) is 6.92 Å². The smallest absolute Gasteiger partial charge is 0.273 e. The lowest BCUT2D eigenvalue weighted by Gasteiger charge is -2.20. The van der Waals surface area contributed by atoms with Crippen molar-refractivity contribution in [3.8, 4) is 0 Å². The van der Waals surface area contributed by atoms with Crippen LogP contribution in [0.5, 0.6) is 0 Å². The van der Waals surface area contributed by atoms with Gasteiger partial charge in [-0.25, -0.2) is 5.43 Å². The molecule has 3 heterocycles. The van der Waals surface area contributed by atoms with Crippen LogP contribution in [0.1, 0.15) is 60.7 Å². The fraction of sp³-hybridized carbons (Fsp3) is 0.476. The predicted molar refractivity (Wildman–Crippen MR) is 108 cm³/mol. The number of fused-ring (bicyclic) bond motifs is 1. The number of carbonyl (C=O) groups excluding carboxylic acids is 1. The Bertz CT molecular complexity index is 946. The predicted octanol–water partition coefficient (Wildman–Crippen LogP) is 2.95. The standard InChI is InChI=1S/C21H27N5O2/c1-4-26(5-2)12-16-14-8-6-7-9-17(14)22-18(16)11-15-20(23-24-21(15)27)19-10-13(3)28-25-19/h10-11,22H,4-9,12H2,1-3H3,(H,24,27)/b15-11+. The van der Waals surface area contributed by atoms with Crippen LogP contribution in [-0.2, 0) is 24.2 Å². The topological polar surface area (TPSA) is 86.5 Å². The number of rotatable bonds is 6. The molecule has 1 aliphatic carbocycles. The second kappa shape index (κ2) is 7.75.